The highest BCUT2D eigenvalue weighted by molar-refractivity contribution is 5.80. The molecule has 1 atom stereocenters. The summed E-state index contributed by atoms with van der Waals surface area (Å²) in [5, 5.41) is 7.44. The summed E-state index contributed by atoms with van der Waals surface area (Å²) in [7, 11) is 0. The van der Waals surface area contributed by atoms with Crippen molar-refractivity contribution in [1.82, 2.24) is 20.1 Å². The van der Waals surface area contributed by atoms with Crippen molar-refractivity contribution in [2.75, 3.05) is 6.54 Å². The summed E-state index contributed by atoms with van der Waals surface area (Å²) < 4.78 is 0. The highest BCUT2D eigenvalue weighted by Gasteiger charge is 2.36. The third-order valence-corrected chi connectivity index (χ3v) is 5.48. The molecule has 3 heterocycles. The Labute approximate surface area is 142 Å². The molecule has 1 N–H and O–H groups in total. The van der Waals surface area contributed by atoms with E-state index < -0.39 is 0 Å². The number of nitrogens with zero attached hydrogens (tertiary/aromatic N) is 3. The second-order valence-electron chi connectivity index (χ2n) is 6.96. The Morgan fingerprint density at radius 3 is 2.67 bits per heavy atom. The number of amides is 1. The molecule has 0 radical (unpaired) electrons. The Bertz CT molecular complexity index is 690. The predicted octanol–water partition coefficient (Wildman–Crippen LogP) is 3.72. The van der Waals surface area contributed by atoms with Gasteiger partial charge in [0.15, 0.2) is 0 Å². The minimum absolute atomic E-state index is 0.130. The number of aromatic amines is 1. The second kappa shape index (κ2) is 6.75. The molecule has 2 aliphatic rings. The van der Waals surface area contributed by atoms with Gasteiger partial charge >= 0.3 is 0 Å². The molecule has 1 aliphatic carbocycles. The molecule has 1 amide bonds. The van der Waals surface area contributed by atoms with Crippen molar-refractivity contribution < 1.29 is 4.79 Å². The minimum Gasteiger partial charge on any atom is -0.334 e. The van der Waals surface area contributed by atoms with Gasteiger partial charge in [-0.25, -0.2) is 0 Å². The molecule has 24 heavy (non-hydrogen) atoms. The number of nitrogens with one attached hydrogen (secondary N) is 1. The van der Waals surface area contributed by atoms with Crippen LogP contribution in [0.1, 0.15) is 56.7 Å². The molecular formula is C19H24N4O. The van der Waals surface area contributed by atoms with Crippen LogP contribution in [-0.2, 0) is 4.79 Å². The Kier molecular flexibility index (Phi) is 4.32. The number of hydrogen-bond acceptors (Lipinski definition) is 3. The fraction of sp³-hybridized carbons (Fsp3) is 0.526. The number of H-pyrrole nitrogens is 1. The van der Waals surface area contributed by atoms with E-state index in [4.69, 9.17) is 0 Å². The summed E-state index contributed by atoms with van der Waals surface area (Å²) in [6, 6.07) is 4.12. The van der Waals surface area contributed by atoms with E-state index in [1.807, 2.05) is 18.3 Å². The first-order valence-corrected chi connectivity index (χ1v) is 9.09. The zero-order valence-electron chi connectivity index (χ0n) is 13.9. The van der Waals surface area contributed by atoms with Crippen LogP contribution in [0.15, 0.2) is 30.7 Å². The van der Waals surface area contributed by atoms with E-state index in [-0.39, 0.29) is 12.0 Å². The van der Waals surface area contributed by atoms with Crippen LogP contribution < -0.4 is 0 Å². The van der Waals surface area contributed by atoms with Gasteiger partial charge in [-0.1, -0.05) is 19.3 Å². The molecular weight excluding hydrogens is 300 g/mol. The van der Waals surface area contributed by atoms with E-state index in [2.05, 4.69) is 20.1 Å². The normalized spacial score (nSPS) is 22.0. The maximum atomic E-state index is 13.0. The number of rotatable bonds is 3. The number of likely N-dealkylation sites (tertiary alicyclic amines) is 1. The van der Waals surface area contributed by atoms with E-state index >= 15 is 0 Å². The summed E-state index contributed by atoms with van der Waals surface area (Å²) >= 11 is 0. The lowest BCUT2D eigenvalue weighted by atomic mass is 9.88. The molecule has 2 aromatic rings. The molecule has 0 aromatic carbocycles. The topological polar surface area (TPSA) is 61.9 Å². The average Bonchev–Trinajstić information content (AvgIpc) is 3.31. The fourth-order valence-corrected chi connectivity index (χ4v) is 4.23. The Balaban J connectivity index is 1.60. The van der Waals surface area contributed by atoms with Crippen molar-refractivity contribution >= 4 is 5.91 Å². The van der Waals surface area contributed by atoms with Gasteiger partial charge in [0.05, 0.1) is 17.9 Å². The van der Waals surface area contributed by atoms with Crippen LogP contribution in [0, 0.1) is 5.92 Å². The van der Waals surface area contributed by atoms with Crippen molar-refractivity contribution in [3.05, 3.63) is 36.4 Å². The van der Waals surface area contributed by atoms with E-state index in [0.29, 0.717) is 5.91 Å². The highest BCUT2D eigenvalue weighted by Crippen LogP contribution is 2.38. The van der Waals surface area contributed by atoms with Crippen molar-refractivity contribution in [1.29, 1.82) is 0 Å². The van der Waals surface area contributed by atoms with Crippen molar-refractivity contribution in [3.63, 3.8) is 0 Å². The molecule has 4 rings (SSSR count). The molecule has 1 aliphatic heterocycles. The maximum Gasteiger partial charge on any atom is 0.226 e. The highest BCUT2D eigenvalue weighted by atomic mass is 16.2. The second-order valence-corrected chi connectivity index (χ2v) is 6.96. The monoisotopic (exact) mass is 324 g/mol. The van der Waals surface area contributed by atoms with E-state index in [0.717, 1.165) is 49.0 Å². The van der Waals surface area contributed by atoms with Crippen LogP contribution in [0.5, 0.6) is 0 Å². The lowest BCUT2D eigenvalue weighted by molar-refractivity contribution is -0.137. The first kappa shape index (κ1) is 15.4. The van der Waals surface area contributed by atoms with Gasteiger partial charge in [-0.15, -0.1) is 0 Å². The quantitative estimate of drug-likeness (QED) is 0.936. The standard InChI is InChI=1S/C19H24N4O/c24-19(15-5-2-1-3-6-15)23-12-4-7-17(23)18-16(13-21-22-18)14-8-10-20-11-9-14/h8-11,13,15,17H,1-7,12H2,(H,21,22)/t17-/m1/s1. The average molecular weight is 324 g/mol. The van der Waals surface area contributed by atoms with Crippen molar-refractivity contribution in [2.45, 2.75) is 51.0 Å². The molecule has 1 saturated carbocycles. The zero-order chi connectivity index (χ0) is 16.4. The van der Waals surface area contributed by atoms with Gasteiger partial charge in [0.1, 0.15) is 0 Å². The predicted molar refractivity (Wildman–Crippen MR) is 92.1 cm³/mol. The number of carbonyl (C=O) groups is 1. The Morgan fingerprint density at radius 2 is 1.88 bits per heavy atom. The molecule has 126 valence electrons. The van der Waals surface area contributed by atoms with E-state index in [1.165, 1.54) is 19.3 Å². The number of hydrogen-bond donors (Lipinski definition) is 1. The lowest BCUT2D eigenvalue weighted by Crippen LogP contribution is -2.36. The van der Waals surface area contributed by atoms with E-state index in [1.54, 1.807) is 12.4 Å². The SMILES string of the molecule is O=C(C1CCCCC1)N1CCC[C@@H]1c1[nH]ncc1-c1ccncc1. The molecule has 2 aromatic heterocycles. The van der Waals surface area contributed by atoms with Crippen LogP contribution in [0.4, 0.5) is 0 Å². The molecule has 0 bridgehead atoms. The lowest BCUT2D eigenvalue weighted by Gasteiger charge is -2.30. The van der Waals surface area contributed by atoms with Gasteiger partial charge < -0.3 is 4.90 Å². The third-order valence-electron chi connectivity index (χ3n) is 5.48. The van der Waals surface area contributed by atoms with Gasteiger partial charge in [0.25, 0.3) is 0 Å². The van der Waals surface area contributed by atoms with Gasteiger partial charge in [0, 0.05) is 30.4 Å². The fourth-order valence-electron chi connectivity index (χ4n) is 4.23. The molecule has 2 fully saturated rings. The van der Waals surface area contributed by atoms with Crippen LogP contribution in [0.2, 0.25) is 0 Å². The summed E-state index contributed by atoms with van der Waals surface area (Å²) in [5.74, 6) is 0.583. The van der Waals surface area contributed by atoms with Crippen LogP contribution in [0.25, 0.3) is 11.1 Å². The summed E-state index contributed by atoms with van der Waals surface area (Å²) in [5.41, 5.74) is 3.26. The Hall–Kier alpha value is -2.17. The van der Waals surface area contributed by atoms with E-state index in [9.17, 15) is 4.79 Å². The van der Waals surface area contributed by atoms with Crippen molar-refractivity contribution in [3.8, 4) is 11.1 Å². The largest absolute Gasteiger partial charge is 0.334 e. The maximum absolute atomic E-state index is 13.0. The molecule has 5 heteroatoms. The number of pyridine rings is 1. The Morgan fingerprint density at radius 1 is 1.08 bits per heavy atom. The molecule has 0 unspecified atom stereocenters. The summed E-state index contributed by atoms with van der Waals surface area (Å²) in [4.78, 5) is 19.2. The van der Waals surface area contributed by atoms with Crippen LogP contribution >= 0.6 is 0 Å². The minimum atomic E-state index is 0.130. The zero-order valence-corrected chi connectivity index (χ0v) is 13.9. The van der Waals surface area contributed by atoms with Gasteiger partial charge in [-0.2, -0.15) is 5.10 Å². The van der Waals surface area contributed by atoms with Crippen LogP contribution in [-0.4, -0.2) is 32.5 Å². The molecule has 1 saturated heterocycles. The first-order chi connectivity index (χ1) is 11.8. The third kappa shape index (κ3) is 2.83. The molecule has 5 nitrogen and oxygen atoms in total. The molecule has 0 spiro atoms. The summed E-state index contributed by atoms with van der Waals surface area (Å²) in [6.07, 6.45) is 13.3. The van der Waals surface area contributed by atoms with Gasteiger partial charge in [-0.05, 0) is 43.4 Å². The van der Waals surface area contributed by atoms with Crippen molar-refractivity contribution in [2.24, 2.45) is 5.92 Å². The number of carbonyl (C=O) groups excluding carboxylic acids is 1. The van der Waals surface area contributed by atoms with Crippen LogP contribution in [0.3, 0.4) is 0 Å². The smallest absolute Gasteiger partial charge is 0.226 e. The first-order valence-electron chi connectivity index (χ1n) is 9.09. The van der Waals surface area contributed by atoms with Gasteiger partial charge in [-0.3, -0.25) is 14.9 Å². The summed E-state index contributed by atoms with van der Waals surface area (Å²) in [6.45, 7) is 0.870. The van der Waals surface area contributed by atoms with Gasteiger partial charge in [0.2, 0.25) is 5.91 Å². The number of aromatic nitrogens is 3.